The van der Waals surface area contributed by atoms with Crippen molar-refractivity contribution in [3.8, 4) is 0 Å². The molecule has 0 N–H and O–H groups in total. The number of nitrogens with zero attached hydrogens (tertiary/aromatic N) is 1. The van der Waals surface area contributed by atoms with E-state index < -0.39 is 5.95 Å². The van der Waals surface area contributed by atoms with Gasteiger partial charge in [0, 0.05) is 5.69 Å². The van der Waals surface area contributed by atoms with E-state index in [1.54, 1.807) is 25.1 Å². The standard InChI is InChI=1S/C7H7F.C6H6FN/c1-6-3-2-4-7(8)5-6;1-5-3-2-4-6(7)8-5/h2-5H,1H3;2-4H,1H3. The second-order valence-electron chi connectivity index (χ2n) is 3.40. The van der Waals surface area contributed by atoms with Gasteiger partial charge in [0.25, 0.3) is 0 Å². The van der Waals surface area contributed by atoms with Crippen LogP contribution in [0.5, 0.6) is 0 Å². The predicted octanol–water partition coefficient (Wildman–Crippen LogP) is 3.66. The first-order valence-corrected chi connectivity index (χ1v) is 4.89. The van der Waals surface area contributed by atoms with Crippen LogP contribution >= 0.6 is 0 Å². The van der Waals surface area contributed by atoms with Gasteiger partial charge in [-0.1, -0.05) is 18.2 Å². The molecule has 1 heterocycles. The molecule has 0 unspecified atom stereocenters. The third kappa shape index (κ3) is 4.64. The maximum Gasteiger partial charge on any atom is 0.213 e. The second kappa shape index (κ2) is 5.95. The Balaban J connectivity index is 0.000000160. The summed E-state index contributed by atoms with van der Waals surface area (Å²) in [4.78, 5) is 3.51. The first kappa shape index (κ1) is 12.3. The van der Waals surface area contributed by atoms with Crippen LogP contribution in [0.15, 0.2) is 42.5 Å². The molecule has 2 rings (SSSR count). The zero-order valence-electron chi connectivity index (χ0n) is 9.24. The van der Waals surface area contributed by atoms with Gasteiger partial charge in [-0.05, 0) is 43.7 Å². The minimum Gasteiger partial charge on any atom is -0.225 e. The summed E-state index contributed by atoms with van der Waals surface area (Å²) in [5.41, 5.74) is 1.68. The van der Waals surface area contributed by atoms with Crippen LogP contribution in [-0.2, 0) is 0 Å². The zero-order valence-corrected chi connectivity index (χ0v) is 9.24. The van der Waals surface area contributed by atoms with Gasteiger partial charge in [0.1, 0.15) is 5.82 Å². The van der Waals surface area contributed by atoms with E-state index in [1.807, 2.05) is 13.0 Å². The van der Waals surface area contributed by atoms with Crippen molar-refractivity contribution in [3.63, 3.8) is 0 Å². The third-order valence-corrected chi connectivity index (χ3v) is 1.83. The fraction of sp³-hybridized carbons (Fsp3) is 0.154. The molecule has 1 aromatic carbocycles. The molecule has 0 amide bonds. The molecule has 0 bridgehead atoms. The average molecular weight is 221 g/mol. The van der Waals surface area contributed by atoms with Gasteiger partial charge in [-0.15, -0.1) is 0 Å². The smallest absolute Gasteiger partial charge is 0.213 e. The molecule has 1 nitrogen and oxygen atoms in total. The van der Waals surface area contributed by atoms with Crippen molar-refractivity contribution < 1.29 is 8.78 Å². The molecule has 0 aliphatic rings. The van der Waals surface area contributed by atoms with Crippen LogP contribution < -0.4 is 0 Å². The summed E-state index contributed by atoms with van der Waals surface area (Å²) in [6.45, 7) is 3.62. The highest BCUT2D eigenvalue weighted by molar-refractivity contribution is 5.13. The minimum absolute atomic E-state index is 0.162. The van der Waals surface area contributed by atoms with Crippen molar-refractivity contribution in [2.24, 2.45) is 0 Å². The summed E-state index contributed by atoms with van der Waals surface area (Å²) in [5, 5.41) is 0. The van der Waals surface area contributed by atoms with Crippen LogP contribution in [-0.4, -0.2) is 4.98 Å². The summed E-state index contributed by atoms with van der Waals surface area (Å²) in [7, 11) is 0. The first-order chi connectivity index (χ1) is 7.58. The molecule has 0 aliphatic carbocycles. The summed E-state index contributed by atoms with van der Waals surface area (Å²) >= 11 is 0. The van der Waals surface area contributed by atoms with E-state index in [4.69, 9.17) is 0 Å². The number of pyridine rings is 1. The van der Waals surface area contributed by atoms with Crippen LogP contribution in [0.2, 0.25) is 0 Å². The normalized spacial score (nSPS) is 9.25. The number of hydrogen-bond acceptors (Lipinski definition) is 1. The molecular weight excluding hydrogens is 208 g/mol. The second-order valence-corrected chi connectivity index (χ2v) is 3.40. The molecule has 1 aromatic heterocycles. The van der Waals surface area contributed by atoms with Crippen molar-refractivity contribution in [1.82, 2.24) is 4.98 Å². The molecule has 0 fully saturated rings. The van der Waals surface area contributed by atoms with Crippen molar-refractivity contribution in [2.75, 3.05) is 0 Å². The first-order valence-electron chi connectivity index (χ1n) is 4.89. The predicted molar refractivity (Wildman–Crippen MR) is 60.1 cm³/mol. The van der Waals surface area contributed by atoms with Crippen molar-refractivity contribution >= 4 is 0 Å². The molecule has 2 aromatic rings. The van der Waals surface area contributed by atoms with Crippen LogP contribution in [0.4, 0.5) is 8.78 Å². The van der Waals surface area contributed by atoms with Gasteiger partial charge >= 0.3 is 0 Å². The Hall–Kier alpha value is -1.77. The largest absolute Gasteiger partial charge is 0.225 e. The molecule has 0 spiro atoms. The topological polar surface area (TPSA) is 12.9 Å². The van der Waals surface area contributed by atoms with Gasteiger partial charge in [0.05, 0.1) is 0 Å². The molecule has 16 heavy (non-hydrogen) atoms. The molecular formula is C13H13F2N. The number of aromatic nitrogens is 1. The van der Waals surface area contributed by atoms with E-state index in [2.05, 4.69) is 4.98 Å². The van der Waals surface area contributed by atoms with Crippen molar-refractivity contribution in [2.45, 2.75) is 13.8 Å². The zero-order chi connectivity index (χ0) is 12.0. The monoisotopic (exact) mass is 221 g/mol. The van der Waals surface area contributed by atoms with Gasteiger partial charge in [-0.25, -0.2) is 9.37 Å². The van der Waals surface area contributed by atoms with E-state index in [0.29, 0.717) is 5.69 Å². The molecule has 0 saturated heterocycles. The number of rotatable bonds is 0. The van der Waals surface area contributed by atoms with Gasteiger partial charge in [0.2, 0.25) is 5.95 Å². The summed E-state index contributed by atoms with van der Waals surface area (Å²) in [6.07, 6.45) is 0. The number of halogens is 2. The molecule has 3 heteroatoms. The van der Waals surface area contributed by atoms with Gasteiger partial charge in [0.15, 0.2) is 0 Å². The summed E-state index contributed by atoms with van der Waals surface area (Å²) in [6, 6.07) is 11.2. The number of benzene rings is 1. The average Bonchev–Trinajstić information content (AvgIpc) is 2.17. The van der Waals surface area contributed by atoms with Gasteiger partial charge in [-0.3, -0.25) is 0 Å². The lowest BCUT2D eigenvalue weighted by molar-refractivity contribution is 0.580. The van der Waals surface area contributed by atoms with E-state index in [0.717, 1.165) is 5.56 Å². The van der Waals surface area contributed by atoms with Crippen molar-refractivity contribution in [3.05, 3.63) is 65.5 Å². The van der Waals surface area contributed by atoms with Gasteiger partial charge < -0.3 is 0 Å². The van der Waals surface area contributed by atoms with Crippen molar-refractivity contribution in [1.29, 1.82) is 0 Å². The van der Waals surface area contributed by atoms with E-state index in [9.17, 15) is 8.78 Å². The highest BCUT2D eigenvalue weighted by Gasteiger charge is 1.86. The molecule has 84 valence electrons. The molecule has 0 radical (unpaired) electrons. The van der Waals surface area contributed by atoms with E-state index >= 15 is 0 Å². The van der Waals surface area contributed by atoms with Crippen LogP contribution in [0, 0.1) is 25.6 Å². The SMILES string of the molecule is Cc1cccc(F)c1.Cc1cccc(F)n1. The lowest BCUT2D eigenvalue weighted by Gasteiger charge is -1.87. The summed E-state index contributed by atoms with van der Waals surface area (Å²) < 4.78 is 24.2. The molecule has 0 saturated carbocycles. The lowest BCUT2D eigenvalue weighted by atomic mass is 10.2. The Morgan fingerprint density at radius 2 is 1.62 bits per heavy atom. The fourth-order valence-electron chi connectivity index (χ4n) is 1.12. The number of aryl methyl sites for hydroxylation is 2. The molecule has 0 aliphatic heterocycles. The Labute approximate surface area is 93.8 Å². The Bertz CT molecular complexity index is 377. The lowest BCUT2D eigenvalue weighted by Crippen LogP contribution is -1.82. The highest BCUT2D eigenvalue weighted by Crippen LogP contribution is 1.99. The third-order valence-electron chi connectivity index (χ3n) is 1.83. The van der Waals surface area contributed by atoms with Gasteiger partial charge in [-0.2, -0.15) is 4.39 Å². The Morgan fingerprint density at radius 1 is 0.938 bits per heavy atom. The van der Waals surface area contributed by atoms with E-state index in [1.165, 1.54) is 18.2 Å². The van der Waals surface area contributed by atoms with Crippen LogP contribution in [0.25, 0.3) is 0 Å². The maximum absolute atomic E-state index is 12.2. The minimum atomic E-state index is -0.412. The number of hydrogen-bond donors (Lipinski definition) is 0. The maximum atomic E-state index is 12.2. The summed E-state index contributed by atoms with van der Waals surface area (Å²) in [5.74, 6) is -0.574. The van der Waals surface area contributed by atoms with Crippen LogP contribution in [0.3, 0.4) is 0 Å². The van der Waals surface area contributed by atoms with E-state index in [-0.39, 0.29) is 5.82 Å². The molecule has 0 atom stereocenters. The highest BCUT2D eigenvalue weighted by atomic mass is 19.1. The quantitative estimate of drug-likeness (QED) is 0.618. The fourth-order valence-corrected chi connectivity index (χ4v) is 1.12. The Kier molecular flexibility index (Phi) is 4.58. The van der Waals surface area contributed by atoms with Crippen LogP contribution in [0.1, 0.15) is 11.3 Å². The Morgan fingerprint density at radius 3 is 2.00 bits per heavy atom.